The Bertz CT molecular complexity index is 524. The second-order valence-corrected chi connectivity index (χ2v) is 6.22. The van der Waals surface area contributed by atoms with Gasteiger partial charge in [0.05, 0.1) is 11.2 Å². The molecule has 0 aliphatic carbocycles. The number of thiazole rings is 1. The van der Waals surface area contributed by atoms with E-state index in [-0.39, 0.29) is 0 Å². The van der Waals surface area contributed by atoms with Crippen molar-refractivity contribution >= 4 is 11.3 Å². The zero-order valence-electron chi connectivity index (χ0n) is 12.4. The number of likely N-dealkylation sites (N-methyl/N-ethyl adjacent to an activating group) is 1. The van der Waals surface area contributed by atoms with Gasteiger partial charge < -0.3 is 5.73 Å². The molecule has 20 heavy (non-hydrogen) atoms. The van der Waals surface area contributed by atoms with Crippen LogP contribution in [0.3, 0.4) is 0 Å². The fraction of sp³-hybridized carbons (Fsp3) is 0.438. The van der Waals surface area contributed by atoms with E-state index in [2.05, 4.69) is 61.1 Å². The number of hydrogen-bond donors (Lipinski definition) is 1. The van der Waals surface area contributed by atoms with Crippen LogP contribution in [0.2, 0.25) is 0 Å². The lowest BCUT2D eigenvalue weighted by Gasteiger charge is -2.32. The summed E-state index contributed by atoms with van der Waals surface area (Å²) in [6.07, 6.45) is 0. The van der Waals surface area contributed by atoms with Gasteiger partial charge in [-0.3, -0.25) is 4.90 Å². The number of benzene rings is 1. The molecular weight excluding hydrogens is 266 g/mol. The molecule has 0 saturated carbocycles. The average molecular weight is 289 g/mol. The van der Waals surface area contributed by atoms with E-state index in [0.29, 0.717) is 18.5 Å². The van der Waals surface area contributed by atoms with Crippen molar-refractivity contribution in [2.24, 2.45) is 5.73 Å². The van der Waals surface area contributed by atoms with Crippen LogP contribution in [0.25, 0.3) is 0 Å². The monoisotopic (exact) mass is 289 g/mol. The number of hydrogen-bond acceptors (Lipinski definition) is 4. The Labute approximate surface area is 125 Å². The van der Waals surface area contributed by atoms with Crippen molar-refractivity contribution < 1.29 is 0 Å². The molecule has 0 bridgehead atoms. The summed E-state index contributed by atoms with van der Waals surface area (Å²) in [5, 5.41) is 0. The Morgan fingerprint density at radius 3 is 2.55 bits per heavy atom. The largest absolute Gasteiger partial charge is 0.329 e. The molecule has 1 aromatic heterocycles. The maximum atomic E-state index is 6.03. The smallest absolute Gasteiger partial charge is 0.0798 e. The standard InChI is InChI=1S/C16H23N3S/c1-12(14-7-5-4-6-8-14)15(9-17)19(3)10-16-13(2)18-11-20-16/h4-8,11-12,15H,9-10,17H2,1-3H3. The summed E-state index contributed by atoms with van der Waals surface area (Å²) in [5.41, 5.74) is 10.4. The van der Waals surface area contributed by atoms with E-state index >= 15 is 0 Å². The number of aryl methyl sites for hydroxylation is 1. The summed E-state index contributed by atoms with van der Waals surface area (Å²) in [6, 6.07) is 10.9. The molecule has 2 atom stereocenters. The van der Waals surface area contributed by atoms with Gasteiger partial charge in [-0.2, -0.15) is 0 Å². The van der Waals surface area contributed by atoms with E-state index in [1.165, 1.54) is 10.4 Å². The molecule has 2 aromatic rings. The molecule has 0 spiro atoms. The van der Waals surface area contributed by atoms with Gasteiger partial charge in [-0.25, -0.2) is 4.98 Å². The minimum atomic E-state index is 0.332. The molecule has 0 amide bonds. The Hall–Kier alpha value is -1.23. The predicted molar refractivity (Wildman–Crippen MR) is 86.0 cm³/mol. The van der Waals surface area contributed by atoms with Crippen molar-refractivity contribution in [1.29, 1.82) is 0 Å². The lowest BCUT2D eigenvalue weighted by Crippen LogP contribution is -2.41. The van der Waals surface area contributed by atoms with Crippen LogP contribution < -0.4 is 5.73 Å². The molecule has 108 valence electrons. The minimum Gasteiger partial charge on any atom is -0.329 e. The van der Waals surface area contributed by atoms with E-state index < -0.39 is 0 Å². The molecule has 2 unspecified atom stereocenters. The van der Waals surface area contributed by atoms with E-state index in [9.17, 15) is 0 Å². The van der Waals surface area contributed by atoms with Crippen LogP contribution in [0.4, 0.5) is 0 Å². The quantitative estimate of drug-likeness (QED) is 0.889. The molecule has 2 N–H and O–H groups in total. The zero-order valence-corrected chi connectivity index (χ0v) is 13.2. The van der Waals surface area contributed by atoms with Crippen LogP contribution >= 0.6 is 11.3 Å². The second kappa shape index (κ2) is 6.97. The summed E-state index contributed by atoms with van der Waals surface area (Å²) < 4.78 is 0. The van der Waals surface area contributed by atoms with Crippen LogP contribution in [-0.4, -0.2) is 29.5 Å². The molecule has 0 aliphatic heterocycles. The first-order valence-corrected chi connectivity index (χ1v) is 7.85. The number of nitrogens with two attached hydrogens (primary N) is 1. The van der Waals surface area contributed by atoms with E-state index in [1.807, 2.05) is 5.51 Å². The third-order valence-corrected chi connectivity index (χ3v) is 4.87. The predicted octanol–water partition coefficient (Wildman–Crippen LogP) is 3.01. The molecule has 0 fully saturated rings. The van der Waals surface area contributed by atoms with Gasteiger partial charge in [-0.1, -0.05) is 37.3 Å². The highest BCUT2D eigenvalue weighted by atomic mass is 32.1. The number of aromatic nitrogens is 1. The number of rotatable bonds is 6. The molecule has 4 heteroatoms. The van der Waals surface area contributed by atoms with Crippen LogP contribution in [0, 0.1) is 6.92 Å². The third kappa shape index (κ3) is 3.45. The van der Waals surface area contributed by atoms with Crippen molar-refractivity contribution in [2.75, 3.05) is 13.6 Å². The van der Waals surface area contributed by atoms with E-state index in [0.717, 1.165) is 12.2 Å². The Kier molecular flexibility index (Phi) is 5.29. The lowest BCUT2D eigenvalue weighted by molar-refractivity contribution is 0.214. The highest BCUT2D eigenvalue weighted by Crippen LogP contribution is 2.24. The summed E-state index contributed by atoms with van der Waals surface area (Å²) in [6.45, 7) is 5.89. The number of nitrogens with zero attached hydrogens (tertiary/aromatic N) is 2. The summed E-state index contributed by atoms with van der Waals surface area (Å²) >= 11 is 1.72. The first kappa shape index (κ1) is 15.2. The molecule has 1 heterocycles. The third-order valence-electron chi connectivity index (χ3n) is 3.95. The minimum absolute atomic E-state index is 0.332. The molecule has 3 nitrogen and oxygen atoms in total. The van der Waals surface area contributed by atoms with Crippen LogP contribution in [-0.2, 0) is 6.54 Å². The van der Waals surface area contributed by atoms with E-state index in [1.54, 1.807) is 11.3 Å². The molecule has 1 aromatic carbocycles. The normalized spacial score (nSPS) is 14.4. The maximum Gasteiger partial charge on any atom is 0.0798 e. The summed E-state index contributed by atoms with van der Waals surface area (Å²) in [7, 11) is 2.15. The van der Waals surface area contributed by atoms with Gasteiger partial charge in [0.1, 0.15) is 0 Å². The second-order valence-electron chi connectivity index (χ2n) is 5.28. The van der Waals surface area contributed by atoms with Crippen LogP contribution in [0.15, 0.2) is 35.8 Å². The van der Waals surface area contributed by atoms with Gasteiger partial charge >= 0.3 is 0 Å². The molecular formula is C16H23N3S. The Morgan fingerprint density at radius 1 is 1.30 bits per heavy atom. The SMILES string of the molecule is Cc1ncsc1CN(C)C(CN)C(C)c1ccccc1. The van der Waals surface area contributed by atoms with Crippen LogP contribution in [0.5, 0.6) is 0 Å². The summed E-state index contributed by atoms with van der Waals surface area (Å²) in [4.78, 5) is 7.99. The van der Waals surface area contributed by atoms with Gasteiger partial charge in [-0.15, -0.1) is 11.3 Å². The summed E-state index contributed by atoms with van der Waals surface area (Å²) in [5.74, 6) is 0.416. The Morgan fingerprint density at radius 2 is 2.00 bits per heavy atom. The Balaban J connectivity index is 2.09. The molecule has 0 saturated heterocycles. The van der Waals surface area contributed by atoms with Crippen molar-refractivity contribution in [3.05, 3.63) is 52.0 Å². The van der Waals surface area contributed by atoms with Gasteiger partial charge in [0, 0.05) is 24.0 Å². The van der Waals surface area contributed by atoms with Crippen LogP contribution in [0.1, 0.15) is 29.0 Å². The lowest BCUT2D eigenvalue weighted by atomic mass is 9.92. The topological polar surface area (TPSA) is 42.2 Å². The molecule has 0 radical (unpaired) electrons. The highest BCUT2D eigenvalue weighted by molar-refractivity contribution is 7.09. The highest BCUT2D eigenvalue weighted by Gasteiger charge is 2.22. The fourth-order valence-electron chi connectivity index (χ4n) is 2.57. The molecule has 0 aliphatic rings. The fourth-order valence-corrected chi connectivity index (χ4v) is 3.41. The van der Waals surface area contributed by atoms with Gasteiger partial charge in [-0.05, 0) is 25.5 Å². The average Bonchev–Trinajstić information content (AvgIpc) is 2.86. The first-order valence-electron chi connectivity index (χ1n) is 6.97. The van der Waals surface area contributed by atoms with E-state index in [4.69, 9.17) is 5.73 Å². The van der Waals surface area contributed by atoms with Crippen molar-refractivity contribution in [3.8, 4) is 0 Å². The van der Waals surface area contributed by atoms with Crippen molar-refractivity contribution in [3.63, 3.8) is 0 Å². The van der Waals surface area contributed by atoms with Gasteiger partial charge in [0.2, 0.25) is 0 Å². The van der Waals surface area contributed by atoms with Crippen molar-refractivity contribution in [2.45, 2.75) is 32.4 Å². The van der Waals surface area contributed by atoms with Gasteiger partial charge in [0.15, 0.2) is 0 Å². The zero-order chi connectivity index (χ0) is 14.5. The maximum absolute atomic E-state index is 6.03. The van der Waals surface area contributed by atoms with Crippen molar-refractivity contribution in [1.82, 2.24) is 9.88 Å². The van der Waals surface area contributed by atoms with Gasteiger partial charge in [0.25, 0.3) is 0 Å². The first-order chi connectivity index (χ1) is 9.63. The molecule has 2 rings (SSSR count).